The predicted octanol–water partition coefficient (Wildman–Crippen LogP) is -0.252. The number of aliphatic hydroxyl groups is 1. The number of rotatable bonds is 4. The molecule has 2 aliphatic heterocycles. The lowest BCUT2D eigenvalue weighted by Crippen LogP contribution is -2.39. The van der Waals surface area contributed by atoms with Crippen molar-refractivity contribution in [1.82, 2.24) is 5.32 Å². The number of fused-ring (bicyclic) bond motifs is 1. The lowest BCUT2D eigenvalue weighted by Gasteiger charge is -2.19. The van der Waals surface area contributed by atoms with Gasteiger partial charge in [-0.15, -0.1) is 0 Å². The van der Waals surface area contributed by atoms with Gasteiger partial charge in [0.05, 0.1) is 17.6 Å². The Labute approximate surface area is 124 Å². The lowest BCUT2D eigenvalue weighted by atomic mass is 10.1. The van der Waals surface area contributed by atoms with Crippen LogP contribution in [-0.4, -0.2) is 56.9 Å². The number of hydrogen-bond donors (Lipinski definition) is 2. The van der Waals surface area contributed by atoms with Crippen molar-refractivity contribution < 1.29 is 23.0 Å². The van der Waals surface area contributed by atoms with Crippen molar-refractivity contribution in [3.8, 4) is 11.5 Å². The van der Waals surface area contributed by atoms with Gasteiger partial charge in [0.25, 0.3) is 0 Å². The Morgan fingerprint density at radius 3 is 2.67 bits per heavy atom. The van der Waals surface area contributed by atoms with Gasteiger partial charge in [0, 0.05) is 6.04 Å². The molecule has 0 spiro atoms. The summed E-state index contributed by atoms with van der Waals surface area (Å²) < 4.78 is 33.8. The van der Waals surface area contributed by atoms with E-state index in [1.165, 1.54) is 0 Å². The van der Waals surface area contributed by atoms with Gasteiger partial charge in [-0.1, -0.05) is 6.07 Å². The van der Waals surface area contributed by atoms with E-state index < -0.39 is 15.9 Å². The third-order valence-electron chi connectivity index (χ3n) is 3.75. The van der Waals surface area contributed by atoms with E-state index in [0.717, 1.165) is 23.5 Å². The molecule has 0 amide bonds. The first-order chi connectivity index (χ1) is 10.0. The Hall–Kier alpha value is -1.31. The molecule has 0 aromatic heterocycles. The minimum absolute atomic E-state index is 0.00923. The van der Waals surface area contributed by atoms with E-state index in [-0.39, 0.29) is 17.5 Å². The Morgan fingerprint density at radius 2 is 1.95 bits per heavy atom. The minimum Gasteiger partial charge on any atom is -0.486 e. The van der Waals surface area contributed by atoms with Gasteiger partial charge in [0.15, 0.2) is 21.3 Å². The molecule has 0 unspecified atom stereocenters. The molecule has 2 atom stereocenters. The highest BCUT2D eigenvalue weighted by molar-refractivity contribution is 7.91. The van der Waals surface area contributed by atoms with Crippen LogP contribution in [0.15, 0.2) is 18.2 Å². The van der Waals surface area contributed by atoms with Crippen molar-refractivity contribution in [2.24, 2.45) is 0 Å². The number of aliphatic hydroxyl groups excluding tert-OH is 1. The first-order valence-corrected chi connectivity index (χ1v) is 8.86. The van der Waals surface area contributed by atoms with E-state index in [4.69, 9.17) is 9.47 Å². The van der Waals surface area contributed by atoms with Gasteiger partial charge < -0.3 is 19.9 Å². The largest absolute Gasteiger partial charge is 0.486 e. The van der Waals surface area contributed by atoms with E-state index in [0.29, 0.717) is 19.8 Å². The quantitative estimate of drug-likeness (QED) is 0.797. The number of ether oxygens (including phenoxy) is 2. The SMILES string of the molecule is O=S1(=O)C[C@@H](O)[C@H](NCCc2ccc3c(c2)OCCO3)C1. The molecule has 6 nitrogen and oxygen atoms in total. The fourth-order valence-corrected chi connectivity index (χ4v) is 4.45. The van der Waals surface area contributed by atoms with Crippen molar-refractivity contribution >= 4 is 9.84 Å². The van der Waals surface area contributed by atoms with E-state index >= 15 is 0 Å². The summed E-state index contributed by atoms with van der Waals surface area (Å²) in [4.78, 5) is 0. The van der Waals surface area contributed by atoms with Crippen molar-refractivity contribution in [2.75, 3.05) is 31.3 Å². The summed E-state index contributed by atoms with van der Waals surface area (Å²) in [5.74, 6) is 1.38. The topological polar surface area (TPSA) is 84.9 Å². The molecule has 0 bridgehead atoms. The molecule has 2 heterocycles. The van der Waals surface area contributed by atoms with Gasteiger partial charge in [-0.05, 0) is 30.7 Å². The Kier molecular flexibility index (Phi) is 4.05. The van der Waals surface area contributed by atoms with Gasteiger partial charge in [0.2, 0.25) is 0 Å². The van der Waals surface area contributed by atoms with Crippen molar-refractivity contribution in [2.45, 2.75) is 18.6 Å². The molecule has 1 fully saturated rings. The monoisotopic (exact) mass is 313 g/mol. The molecule has 2 N–H and O–H groups in total. The second kappa shape index (κ2) is 5.82. The second-order valence-corrected chi connectivity index (χ2v) is 7.59. The summed E-state index contributed by atoms with van der Waals surface area (Å²) in [5.41, 5.74) is 1.09. The summed E-state index contributed by atoms with van der Waals surface area (Å²) in [6.45, 7) is 1.74. The number of nitrogens with one attached hydrogen (secondary N) is 1. The third-order valence-corrected chi connectivity index (χ3v) is 5.47. The van der Waals surface area contributed by atoms with Crippen LogP contribution < -0.4 is 14.8 Å². The maximum absolute atomic E-state index is 11.4. The summed E-state index contributed by atoms with van der Waals surface area (Å²) in [6.07, 6.45) is -0.0739. The minimum atomic E-state index is -3.10. The van der Waals surface area contributed by atoms with E-state index in [9.17, 15) is 13.5 Å². The molecular formula is C14H19NO5S. The van der Waals surface area contributed by atoms with Crippen LogP contribution >= 0.6 is 0 Å². The maximum atomic E-state index is 11.4. The van der Waals surface area contributed by atoms with Crippen molar-refractivity contribution in [3.63, 3.8) is 0 Å². The molecule has 7 heteroatoms. The Morgan fingerprint density at radius 1 is 1.19 bits per heavy atom. The van der Waals surface area contributed by atoms with E-state index in [1.807, 2.05) is 18.2 Å². The molecule has 2 aliphatic rings. The van der Waals surface area contributed by atoms with Gasteiger partial charge >= 0.3 is 0 Å². The molecule has 3 rings (SSSR count). The zero-order valence-electron chi connectivity index (χ0n) is 11.6. The summed E-state index contributed by atoms with van der Waals surface area (Å²) >= 11 is 0. The van der Waals surface area contributed by atoms with Crippen molar-refractivity contribution in [1.29, 1.82) is 0 Å². The summed E-state index contributed by atoms with van der Waals surface area (Å²) in [6, 6.07) is 5.43. The highest BCUT2D eigenvalue weighted by Gasteiger charge is 2.35. The average Bonchev–Trinajstić information content (AvgIpc) is 2.71. The molecule has 1 saturated heterocycles. The normalized spacial score (nSPS) is 26.7. The van der Waals surface area contributed by atoms with Crippen LogP contribution in [0.1, 0.15) is 5.56 Å². The zero-order valence-corrected chi connectivity index (χ0v) is 12.4. The van der Waals surface area contributed by atoms with E-state index in [2.05, 4.69) is 5.32 Å². The standard InChI is InChI=1S/C14H19NO5S/c16-12-9-21(17,18)8-11(12)15-4-3-10-1-2-13-14(7-10)20-6-5-19-13/h1-2,7,11-12,15-16H,3-6,8-9H2/t11-,12-/m1/s1. The number of hydrogen-bond acceptors (Lipinski definition) is 6. The van der Waals surface area contributed by atoms with Crippen LogP contribution in [0, 0.1) is 0 Å². The van der Waals surface area contributed by atoms with Crippen LogP contribution in [-0.2, 0) is 16.3 Å². The average molecular weight is 313 g/mol. The Bertz CT molecular complexity index is 616. The zero-order chi connectivity index (χ0) is 14.9. The van der Waals surface area contributed by atoms with Gasteiger partial charge in [0.1, 0.15) is 13.2 Å². The van der Waals surface area contributed by atoms with Crippen LogP contribution in [0.2, 0.25) is 0 Å². The fraction of sp³-hybridized carbons (Fsp3) is 0.571. The summed E-state index contributed by atoms with van der Waals surface area (Å²) in [5, 5.41) is 12.8. The highest BCUT2D eigenvalue weighted by Crippen LogP contribution is 2.30. The summed E-state index contributed by atoms with van der Waals surface area (Å²) in [7, 11) is -3.10. The van der Waals surface area contributed by atoms with Gasteiger partial charge in [-0.3, -0.25) is 0 Å². The van der Waals surface area contributed by atoms with Gasteiger partial charge in [-0.25, -0.2) is 8.42 Å². The van der Waals surface area contributed by atoms with Crippen LogP contribution in [0.3, 0.4) is 0 Å². The fourth-order valence-electron chi connectivity index (χ4n) is 2.67. The predicted molar refractivity (Wildman–Crippen MR) is 77.6 cm³/mol. The van der Waals surface area contributed by atoms with E-state index in [1.54, 1.807) is 0 Å². The molecular weight excluding hydrogens is 294 g/mol. The molecule has 1 aromatic carbocycles. The van der Waals surface area contributed by atoms with Crippen LogP contribution in [0.4, 0.5) is 0 Å². The van der Waals surface area contributed by atoms with Crippen LogP contribution in [0.25, 0.3) is 0 Å². The third kappa shape index (κ3) is 3.48. The van der Waals surface area contributed by atoms with Crippen LogP contribution in [0.5, 0.6) is 11.5 Å². The van der Waals surface area contributed by atoms with Gasteiger partial charge in [-0.2, -0.15) is 0 Å². The molecule has 0 radical (unpaired) electrons. The number of benzene rings is 1. The molecule has 0 saturated carbocycles. The maximum Gasteiger partial charge on any atom is 0.161 e. The first kappa shape index (κ1) is 14.6. The lowest BCUT2D eigenvalue weighted by molar-refractivity contribution is 0.166. The molecule has 21 heavy (non-hydrogen) atoms. The Balaban J connectivity index is 1.54. The highest BCUT2D eigenvalue weighted by atomic mass is 32.2. The molecule has 116 valence electrons. The molecule has 1 aromatic rings. The smallest absolute Gasteiger partial charge is 0.161 e. The first-order valence-electron chi connectivity index (χ1n) is 7.04. The second-order valence-electron chi connectivity index (χ2n) is 5.43. The van der Waals surface area contributed by atoms with Crippen molar-refractivity contribution in [3.05, 3.63) is 23.8 Å². The molecule has 0 aliphatic carbocycles. The number of sulfone groups is 1.